The van der Waals surface area contributed by atoms with E-state index in [9.17, 15) is 14.7 Å². The Bertz CT molecular complexity index is 1000. The number of Topliss-reactive ketones (excluding diaryl/α,β-unsaturated/α-hetero) is 2. The van der Waals surface area contributed by atoms with Crippen LogP contribution in [0.1, 0.15) is 79.1 Å². The van der Waals surface area contributed by atoms with Gasteiger partial charge in [-0.15, -0.1) is 0 Å². The highest BCUT2D eigenvalue weighted by Crippen LogP contribution is 2.43. The zero-order valence-electron chi connectivity index (χ0n) is 17.0. The summed E-state index contributed by atoms with van der Waals surface area (Å²) in [5.74, 6) is -0.332. The molecule has 0 fully saturated rings. The number of pyridine rings is 1. The minimum absolute atomic E-state index is 0.161. The number of fused-ring (bicyclic) bond motifs is 1. The standard InChI is InChI=1S/C23H24BrNO3/c1-22(2,3)14-10-12(11-15(20(14)27)23(4,5)6)16-17(24)19(26)13-8-7-9-25-18(13)21(16)28/h7-11,27H,1-6H3. The number of aromatic nitrogens is 1. The van der Waals surface area contributed by atoms with Gasteiger partial charge in [-0.3, -0.25) is 14.6 Å². The van der Waals surface area contributed by atoms with Crippen LogP contribution in [0, 0.1) is 0 Å². The van der Waals surface area contributed by atoms with Crippen molar-refractivity contribution >= 4 is 33.1 Å². The lowest BCUT2D eigenvalue weighted by molar-refractivity contribution is 0.0996. The predicted molar refractivity (Wildman–Crippen MR) is 114 cm³/mol. The third-order valence-electron chi connectivity index (χ3n) is 4.93. The third-order valence-corrected chi connectivity index (χ3v) is 5.68. The minimum atomic E-state index is -0.342. The van der Waals surface area contributed by atoms with Crippen molar-refractivity contribution in [3.05, 3.63) is 62.9 Å². The van der Waals surface area contributed by atoms with Crippen LogP contribution in [-0.2, 0) is 10.8 Å². The van der Waals surface area contributed by atoms with E-state index in [1.165, 1.54) is 6.20 Å². The molecule has 4 nitrogen and oxygen atoms in total. The SMILES string of the molecule is CC(C)(C)c1cc(C2=C(Br)C(=O)c3cccnc3C2=O)cc(C(C)(C)C)c1O. The molecule has 0 bridgehead atoms. The number of ketones is 2. The molecule has 0 aliphatic heterocycles. The number of rotatable bonds is 1. The van der Waals surface area contributed by atoms with E-state index in [-0.39, 0.29) is 43.9 Å². The van der Waals surface area contributed by atoms with Crippen LogP contribution in [-0.4, -0.2) is 21.7 Å². The number of nitrogens with zero attached hydrogens (tertiary/aromatic N) is 1. The molecule has 1 heterocycles. The van der Waals surface area contributed by atoms with Crippen LogP contribution >= 0.6 is 15.9 Å². The van der Waals surface area contributed by atoms with Gasteiger partial charge in [0.25, 0.3) is 0 Å². The van der Waals surface area contributed by atoms with Crippen molar-refractivity contribution in [2.75, 3.05) is 0 Å². The quantitative estimate of drug-likeness (QED) is 0.627. The monoisotopic (exact) mass is 441 g/mol. The Balaban J connectivity index is 2.34. The van der Waals surface area contributed by atoms with Crippen LogP contribution in [0.25, 0.3) is 5.57 Å². The van der Waals surface area contributed by atoms with E-state index in [1.807, 2.05) is 41.5 Å². The van der Waals surface area contributed by atoms with Crippen molar-refractivity contribution < 1.29 is 14.7 Å². The van der Waals surface area contributed by atoms with Gasteiger partial charge in [0.05, 0.1) is 10.0 Å². The molecule has 0 radical (unpaired) electrons. The predicted octanol–water partition coefficient (Wildman–Crippen LogP) is 5.57. The van der Waals surface area contributed by atoms with Crippen molar-refractivity contribution in [1.29, 1.82) is 0 Å². The maximum atomic E-state index is 13.2. The highest BCUT2D eigenvalue weighted by Gasteiger charge is 2.35. The van der Waals surface area contributed by atoms with Gasteiger partial charge in [-0.1, -0.05) is 41.5 Å². The number of aromatic hydroxyl groups is 1. The number of hydrogen-bond donors (Lipinski definition) is 1. The molecular formula is C23H24BrNO3. The molecule has 1 N–H and O–H groups in total. The van der Waals surface area contributed by atoms with Crippen molar-refractivity contribution in [3.63, 3.8) is 0 Å². The molecule has 5 heteroatoms. The molecule has 3 rings (SSSR count). The van der Waals surface area contributed by atoms with E-state index in [0.29, 0.717) is 11.1 Å². The summed E-state index contributed by atoms with van der Waals surface area (Å²) < 4.78 is 0.225. The van der Waals surface area contributed by atoms with Gasteiger partial charge < -0.3 is 5.11 Å². The molecule has 146 valence electrons. The molecule has 1 aromatic heterocycles. The Kier molecular flexibility index (Phi) is 4.87. The molecule has 0 amide bonds. The molecule has 0 saturated carbocycles. The van der Waals surface area contributed by atoms with Gasteiger partial charge in [0.1, 0.15) is 11.4 Å². The van der Waals surface area contributed by atoms with E-state index >= 15 is 0 Å². The van der Waals surface area contributed by atoms with Crippen LogP contribution in [0.3, 0.4) is 0 Å². The van der Waals surface area contributed by atoms with E-state index in [2.05, 4.69) is 20.9 Å². The number of halogens is 1. The van der Waals surface area contributed by atoms with E-state index in [1.54, 1.807) is 24.3 Å². The van der Waals surface area contributed by atoms with Crippen molar-refractivity contribution in [3.8, 4) is 5.75 Å². The van der Waals surface area contributed by atoms with E-state index in [4.69, 9.17) is 0 Å². The summed E-state index contributed by atoms with van der Waals surface area (Å²) in [6, 6.07) is 6.87. The van der Waals surface area contributed by atoms with Crippen LogP contribution in [0.15, 0.2) is 34.9 Å². The van der Waals surface area contributed by atoms with E-state index < -0.39 is 0 Å². The molecule has 0 atom stereocenters. The summed E-state index contributed by atoms with van der Waals surface area (Å²) in [5.41, 5.74) is 2.13. The Morgan fingerprint density at radius 2 is 1.46 bits per heavy atom. The second kappa shape index (κ2) is 6.66. The molecule has 1 aliphatic carbocycles. The smallest absolute Gasteiger partial charge is 0.213 e. The Hall–Kier alpha value is -2.27. The summed E-state index contributed by atoms with van der Waals surface area (Å²) in [4.78, 5) is 30.2. The normalized spacial score (nSPS) is 15.1. The summed E-state index contributed by atoms with van der Waals surface area (Å²) in [6.45, 7) is 12.0. The van der Waals surface area contributed by atoms with Crippen LogP contribution in [0.2, 0.25) is 0 Å². The fraction of sp³-hybridized carbons (Fsp3) is 0.348. The van der Waals surface area contributed by atoms with Crippen LogP contribution < -0.4 is 0 Å². The Morgan fingerprint density at radius 3 is 1.96 bits per heavy atom. The lowest BCUT2D eigenvalue weighted by Crippen LogP contribution is -2.22. The second-order valence-corrected chi connectivity index (χ2v) is 9.96. The average molecular weight is 442 g/mol. The molecule has 0 saturated heterocycles. The number of phenolic OH excluding ortho intramolecular Hbond substituents is 1. The molecular weight excluding hydrogens is 418 g/mol. The lowest BCUT2D eigenvalue weighted by atomic mass is 9.76. The fourth-order valence-corrected chi connectivity index (χ4v) is 4.02. The van der Waals surface area contributed by atoms with Gasteiger partial charge in [0, 0.05) is 22.9 Å². The molecule has 1 aromatic carbocycles. The van der Waals surface area contributed by atoms with Crippen LogP contribution in [0.4, 0.5) is 0 Å². The Morgan fingerprint density at radius 1 is 0.929 bits per heavy atom. The Labute approximate surface area is 173 Å². The fourth-order valence-electron chi connectivity index (χ4n) is 3.40. The van der Waals surface area contributed by atoms with Gasteiger partial charge in [-0.05, 0) is 56.6 Å². The molecule has 28 heavy (non-hydrogen) atoms. The number of carbonyl (C=O) groups is 2. The average Bonchev–Trinajstić information content (AvgIpc) is 2.59. The maximum absolute atomic E-state index is 13.2. The number of carbonyl (C=O) groups excluding carboxylic acids is 2. The van der Waals surface area contributed by atoms with Gasteiger partial charge in [-0.25, -0.2) is 0 Å². The van der Waals surface area contributed by atoms with Crippen LogP contribution in [0.5, 0.6) is 5.75 Å². The molecule has 2 aromatic rings. The zero-order chi connectivity index (χ0) is 21.0. The topological polar surface area (TPSA) is 67.3 Å². The summed E-state index contributed by atoms with van der Waals surface area (Å²) in [6.07, 6.45) is 1.51. The third kappa shape index (κ3) is 3.32. The van der Waals surface area contributed by atoms with E-state index in [0.717, 1.165) is 11.1 Å². The van der Waals surface area contributed by atoms with Crippen molar-refractivity contribution in [2.45, 2.75) is 52.4 Å². The maximum Gasteiger partial charge on any atom is 0.213 e. The molecule has 1 aliphatic rings. The summed E-state index contributed by atoms with van der Waals surface area (Å²) in [5, 5.41) is 10.9. The van der Waals surface area contributed by atoms with Gasteiger partial charge in [0.2, 0.25) is 11.6 Å². The first-order valence-corrected chi connectivity index (χ1v) is 9.96. The number of benzene rings is 1. The van der Waals surface area contributed by atoms with Gasteiger partial charge in [0.15, 0.2) is 0 Å². The van der Waals surface area contributed by atoms with Gasteiger partial charge in [-0.2, -0.15) is 0 Å². The highest BCUT2D eigenvalue weighted by molar-refractivity contribution is 9.12. The first kappa shape index (κ1) is 20.5. The van der Waals surface area contributed by atoms with Gasteiger partial charge >= 0.3 is 0 Å². The number of phenols is 1. The molecule has 0 spiro atoms. The first-order valence-electron chi connectivity index (χ1n) is 9.16. The first-order chi connectivity index (χ1) is 12.8. The number of hydrogen-bond acceptors (Lipinski definition) is 4. The number of allylic oxidation sites excluding steroid dienone is 2. The highest BCUT2D eigenvalue weighted by atomic mass is 79.9. The minimum Gasteiger partial charge on any atom is -0.507 e. The lowest BCUT2D eigenvalue weighted by Gasteiger charge is -2.29. The summed E-state index contributed by atoms with van der Waals surface area (Å²) in [7, 11) is 0. The van der Waals surface area contributed by atoms with Crippen molar-refractivity contribution in [1.82, 2.24) is 4.98 Å². The van der Waals surface area contributed by atoms with Crippen molar-refractivity contribution in [2.24, 2.45) is 0 Å². The second-order valence-electron chi connectivity index (χ2n) is 9.17. The largest absolute Gasteiger partial charge is 0.507 e. The molecule has 0 unspecified atom stereocenters. The zero-order valence-corrected chi connectivity index (χ0v) is 18.6. The summed E-state index contributed by atoms with van der Waals surface area (Å²) >= 11 is 3.35.